The SMILES string of the molecule is COc1cc(CNC(=O)Cc2ccc(N)cn2)cc(OC)c1OC. The first-order valence-corrected chi connectivity index (χ1v) is 7.33. The summed E-state index contributed by atoms with van der Waals surface area (Å²) < 4.78 is 15.9. The third-order valence-electron chi connectivity index (χ3n) is 3.40. The van der Waals surface area contributed by atoms with Crippen LogP contribution in [-0.4, -0.2) is 32.2 Å². The van der Waals surface area contributed by atoms with Gasteiger partial charge in [0.2, 0.25) is 11.7 Å². The average Bonchev–Trinajstić information content (AvgIpc) is 2.60. The average molecular weight is 331 g/mol. The molecule has 0 saturated carbocycles. The molecule has 0 unspecified atom stereocenters. The number of rotatable bonds is 7. The summed E-state index contributed by atoms with van der Waals surface area (Å²) in [6.45, 7) is 0.338. The molecule has 1 aromatic heterocycles. The van der Waals surface area contributed by atoms with Crippen LogP contribution in [0.5, 0.6) is 17.2 Å². The number of aromatic nitrogens is 1. The molecule has 0 aliphatic rings. The van der Waals surface area contributed by atoms with Crippen LogP contribution in [0.15, 0.2) is 30.5 Å². The summed E-state index contributed by atoms with van der Waals surface area (Å²) in [5.74, 6) is 1.46. The van der Waals surface area contributed by atoms with Crippen LogP contribution in [-0.2, 0) is 17.8 Å². The van der Waals surface area contributed by atoms with Crippen molar-refractivity contribution in [2.24, 2.45) is 0 Å². The van der Waals surface area contributed by atoms with Crippen molar-refractivity contribution < 1.29 is 19.0 Å². The lowest BCUT2D eigenvalue weighted by atomic mass is 10.1. The van der Waals surface area contributed by atoms with Crippen LogP contribution in [0.2, 0.25) is 0 Å². The van der Waals surface area contributed by atoms with Crippen molar-refractivity contribution >= 4 is 11.6 Å². The molecule has 0 bridgehead atoms. The molecule has 0 saturated heterocycles. The second kappa shape index (κ2) is 8.05. The number of anilines is 1. The summed E-state index contributed by atoms with van der Waals surface area (Å²) >= 11 is 0. The molecule has 7 heteroatoms. The second-order valence-corrected chi connectivity index (χ2v) is 5.07. The number of hydrogen-bond donors (Lipinski definition) is 2. The maximum absolute atomic E-state index is 12.0. The lowest BCUT2D eigenvalue weighted by Gasteiger charge is -2.14. The highest BCUT2D eigenvalue weighted by molar-refractivity contribution is 5.78. The van der Waals surface area contributed by atoms with Gasteiger partial charge in [-0.05, 0) is 29.8 Å². The van der Waals surface area contributed by atoms with Crippen LogP contribution in [0.1, 0.15) is 11.3 Å². The van der Waals surface area contributed by atoms with Crippen molar-refractivity contribution in [1.82, 2.24) is 10.3 Å². The number of ether oxygens (including phenoxy) is 3. The van der Waals surface area contributed by atoms with Gasteiger partial charge >= 0.3 is 0 Å². The second-order valence-electron chi connectivity index (χ2n) is 5.07. The summed E-state index contributed by atoms with van der Waals surface area (Å²) in [7, 11) is 4.64. The van der Waals surface area contributed by atoms with Crippen molar-refractivity contribution in [2.45, 2.75) is 13.0 Å². The Bertz CT molecular complexity index is 676. The van der Waals surface area contributed by atoms with Gasteiger partial charge in [-0.15, -0.1) is 0 Å². The van der Waals surface area contributed by atoms with Gasteiger partial charge in [0, 0.05) is 12.2 Å². The van der Waals surface area contributed by atoms with Gasteiger partial charge in [0.15, 0.2) is 11.5 Å². The van der Waals surface area contributed by atoms with Gasteiger partial charge in [-0.1, -0.05) is 0 Å². The Morgan fingerprint density at radius 3 is 2.29 bits per heavy atom. The maximum Gasteiger partial charge on any atom is 0.226 e. The molecule has 1 aromatic carbocycles. The monoisotopic (exact) mass is 331 g/mol. The number of carbonyl (C=O) groups excluding carboxylic acids is 1. The van der Waals surface area contributed by atoms with Crippen LogP contribution < -0.4 is 25.3 Å². The Kier molecular flexibility index (Phi) is 5.83. The fourth-order valence-corrected chi connectivity index (χ4v) is 2.21. The standard InChI is InChI=1S/C17H21N3O4/c1-22-14-6-11(7-15(23-2)17(14)24-3)9-20-16(21)8-13-5-4-12(18)10-19-13/h4-7,10H,8-9,18H2,1-3H3,(H,20,21). The Balaban J connectivity index is 2.03. The summed E-state index contributed by atoms with van der Waals surface area (Å²) in [5.41, 5.74) is 7.63. The lowest BCUT2D eigenvalue weighted by molar-refractivity contribution is -0.120. The number of carbonyl (C=O) groups is 1. The summed E-state index contributed by atoms with van der Waals surface area (Å²) in [6.07, 6.45) is 1.71. The van der Waals surface area contributed by atoms with Gasteiger partial charge in [-0.3, -0.25) is 9.78 Å². The Morgan fingerprint density at radius 2 is 1.79 bits per heavy atom. The molecule has 0 fully saturated rings. The van der Waals surface area contributed by atoms with Crippen molar-refractivity contribution in [3.05, 3.63) is 41.7 Å². The number of benzene rings is 1. The van der Waals surface area contributed by atoms with Gasteiger partial charge < -0.3 is 25.3 Å². The summed E-state index contributed by atoms with van der Waals surface area (Å²) in [6, 6.07) is 7.04. The molecule has 0 aliphatic heterocycles. The third-order valence-corrected chi connectivity index (χ3v) is 3.40. The number of nitrogens with zero attached hydrogens (tertiary/aromatic N) is 1. The molecule has 1 amide bonds. The van der Waals surface area contributed by atoms with Gasteiger partial charge in [0.25, 0.3) is 0 Å². The maximum atomic E-state index is 12.0. The predicted molar refractivity (Wildman–Crippen MR) is 90.3 cm³/mol. The van der Waals surface area contributed by atoms with Gasteiger partial charge in [-0.25, -0.2) is 0 Å². The minimum absolute atomic E-state index is 0.138. The molecule has 0 spiro atoms. The molecule has 128 valence electrons. The zero-order chi connectivity index (χ0) is 17.5. The highest BCUT2D eigenvalue weighted by Crippen LogP contribution is 2.38. The summed E-state index contributed by atoms with van der Waals surface area (Å²) in [4.78, 5) is 16.1. The van der Waals surface area contributed by atoms with E-state index in [4.69, 9.17) is 19.9 Å². The van der Waals surface area contributed by atoms with E-state index in [0.29, 0.717) is 35.2 Å². The number of amides is 1. The van der Waals surface area contributed by atoms with E-state index in [1.54, 1.807) is 45.6 Å². The van der Waals surface area contributed by atoms with E-state index in [0.717, 1.165) is 5.56 Å². The van der Waals surface area contributed by atoms with Crippen LogP contribution >= 0.6 is 0 Å². The molecule has 24 heavy (non-hydrogen) atoms. The van der Waals surface area contributed by atoms with E-state index in [1.807, 2.05) is 0 Å². The van der Waals surface area contributed by atoms with E-state index in [1.165, 1.54) is 6.20 Å². The fraction of sp³-hybridized carbons (Fsp3) is 0.294. The minimum atomic E-state index is -0.138. The molecule has 2 rings (SSSR count). The van der Waals surface area contributed by atoms with Gasteiger partial charge in [0.05, 0.1) is 39.6 Å². The number of pyridine rings is 1. The molecule has 0 aliphatic carbocycles. The zero-order valence-corrected chi connectivity index (χ0v) is 14.0. The van der Waals surface area contributed by atoms with Gasteiger partial charge in [0.1, 0.15) is 0 Å². The minimum Gasteiger partial charge on any atom is -0.493 e. The smallest absolute Gasteiger partial charge is 0.226 e. The molecule has 2 aromatic rings. The van der Waals surface area contributed by atoms with Crippen molar-refractivity contribution in [2.75, 3.05) is 27.1 Å². The highest BCUT2D eigenvalue weighted by Gasteiger charge is 2.13. The first-order valence-electron chi connectivity index (χ1n) is 7.33. The number of nitrogens with two attached hydrogens (primary N) is 1. The number of nitrogen functional groups attached to an aromatic ring is 1. The molecule has 7 nitrogen and oxygen atoms in total. The first-order chi connectivity index (χ1) is 11.6. The van der Waals surface area contributed by atoms with E-state index in [9.17, 15) is 4.79 Å². The first kappa shape index (κ1) is 17.4. The Labute approximate surface area is 140 Å². The molecule has 0 radical (unpaired) electrons. The fourth-order valence-electron chi connectivity index (χ4n) is 2.21. The molecule has 3 N–H and O–H groups in total. The molecule has 0 atom stereocenters. The number of nitrogens with one attached hydrogen (secondary N) is 1. The molecule has 1 heterocycles. The Hall–Kier alpha value is -2.96. The predicted octanol–water partition coefficient (Wildman–Crippen LogP) is 1.55. The summed E-state index contributed by atoms with van der Waals surface area (Å²) in [5, 5.41) is 2.84. The van der Waals surface area contributed by atoms with Crippen LogP contribution in [0.4, 0.5) is 5.69 Å². The van der Waals surface area contributed by atoms with Crippen molar-refractivity contribution in [1.29, 1.82) is 0 Å². The largest absolute Gasteiger partial charge is 0.493 e. The van der Waals surface area contributed by atoms with E-state index in [2.05, 4.69) is 10.3 Å². The van der Waals surface area contributed by atoms with Crippen molar-refractivity contribution in [3.8, 4) is 17.2 Å². The van der Waals surface area contributed by atoms with Gasteiger partial charge in [-0.2, -0.15) is 0 Å². The highest BCUT2D eigenvalue weighted by atomic mass is 16.5. The molecular weight excluding hydrogens is 310 g/mol. The quantitative estimate of drug-likeness (QED) is 0.799. The lowest BCUT2D eigenvalue weighted by Crippen LogP contribution is -2.25. The van der Waals surface area contributed by atoms with E-state index in [-0.39, 0.29) is 12.3 Å². The normalized spacial score (nSPS) is 10.1. The van der Waals surface area contributed by atoms with Crippen LogP contribution in [0.25, 0.3) is 0 Å². The van der Waals surface area contributed by atoms with Crippen LogP contribution in [0.3, 0.4) is 0 Å². The van der Waals surface area contributed by atoms with Crippen molar-refractivity contribution in [3.63, 3.8) is 0 Å². The van der Waals surface area contributed by atoms with E-state index < -0.39 is 0 Å². The Morgan fingerprint density at radius 1 is 1.12 bits per heavy atom. The molecular formula is C17H21N3O4. The third kappa shape index (κ3) is 4.28. The van der Waals surface area contributed by atoms with E-state index >= 15 is 0 Å². The number of methoxy groups -OCH3 is 3. The number of hydrogen-bond acceptors (Lipinski definition) is 6. The van der Waals surface area contributed by atoms with Crippen LogP contribution in [0, 0.1) is 0 Å². The topological polar surface area (TPSA) is 95.7 Å². The zero-order valence-electron chi connectivity index (χ0n) is 14.0.